The number of unbranched alkanes of at least 4 members (excludes halogenated alkanes) is 44. The van der Waals surface area contributed by atoms with Crippen LogP contribution in [-0.2, 0) is 28.6 Å². The summed E-state index contributed by atoms with van der Waals surface area (Å²) in [5.74, 6) is -0.872. The van der Waals surface area contributed by atoms with Gasteiger partial charge >= 0.3 is 17.9 Å². The van der Waals surface area contributed by atoms with Crippen molar-refractivity contribution in [3.8, 4) is 0 Å². The molecule has 0 amide bonds. The van der Waals surface area contributed by atoms with E-state index >= 15 is 0 Å². The summed E-state index contributed by atoms with van der Waals surface area (Å²) in [6, 6.07) is 0. The maximum Gasteiger partial charge on any atom is 0.306 e. The van der Waals surface area contributed by atoms with E-state index < -0.39 is 6.10 Å². The summed E-state index contributed by atoms with van der Waals surface area (Å²) in [4.78, 5) is 38.5. The Hall–Kier alpha value is -2.89. The van der Waals surface area contributed by atoms with Gasteiger partial charge in [0.25, 0.3) is 0 Å². The summed E-state index contributed by atoms with van der Waals surface area (Å²) in [6.45, 7) is 6.67. The average molecular weight is 1120 g/mol. The molecule has 0 saturated heterocycles. The molecular formula is C74H134O6. The number of ether oxygens (including phenoxy) is 3. The molecule has 0 N–H and O–H groups in total. The third kappa shape index (κ3) is 65.9. The molecule has 0 heterocycles. The van der Waals surface area contributed by atoms with Gasteiger partial charge in [0, 0.05) is 19.3 Å². The molecule has 0 spiro atoms. The standard InChI is InChI=1S/C74H134O6/c1-4-7-10-13-16-19-22-25-28-31-33-35-37-39-41-43-46-49-52-55-58-61-64-67-73(76)79-70-71(69-78-72(75)66-63-60-57-54-51-48-45-30-27-24-21-18-15-12-9-6-3)80-74(77)68-65-62-59-56-53-50-47-44-42-40-38-36-34-32-29-26-23-20-17-14-11-8-5-2/h22,25,30-34,37,39,45,71H,4-21,23-24,26-29,35-36,38,40-44,46-70H2,1-3H3/b25-22-,33-31-,34-32-,39-37-,45-30-. The minimum absolute atomic E-state index is 0.0787. The van der Waals surface area contributed by atoms with Crippen LogP contribution in [0.1, 0.15) is 374 Å². The topological polar surface area (TPSA) is 78.9 Å². The van der Waals surface area contributed by atoms with Crippen LogP contribution in [-0.4, -0.2) is 37.2 Å². The van der Waals surface area contributed by atoms with E-state index in [1.807, 2.05) is 0 Å². The SMILES string of the molecule is CCCCCCC/C=C\C/C=C\C/C=C\CCCCCCCCCCC(=O)OCC(COC(=O)CCCCCCC/C=C\CCCCCCCCC)OC(=O)CCCCCCCCCCCCC/C=C\CCCCCCCCCC. The van der Waals surface area contributed by atoms with E-state index in [0.29, 0.717) is 19.3 Å². The smallest absolute Gasteiger partial charge is 0.306 e. The molecule has 0 aromatic heterocycles. The van der Waals surface area contributed by atoms with Crippen LogP contribution in [0.2, 0.25) is 0 Å². The molecule has 466 valence electrons. The van der Waals surface area contributed by atoms with Crippen molar-refractivity contribution >= 4 is 17.9 Å². The van der Waals surface area contributed by atoms with E-state index in [2.05, 4.69) is 81.5 Å². The lowest BCUT2D eigenvalue weighted by atomic mass is 10.0. The summed E-state index contributed by atoms with van der Waals surface area (Å²) in [6.07, 6.45) is 88.1. The van der Waals surface area contributed by atoms with Crippen molar-refractivity contribution in [3.05, 3.63) is 60.8 Å². The number of hydrogen-bond acceptors (Lipinski definition) is 6. The number of carbonyl (C=O) groups excluding carboxylic acids is 3. The van der Waals surface area contributed by atoms with Gasteiger partial charge in [-0.3, -0.25) is 14.4 Å². The van der Waals surface area contributed by atoms with Gasteiger partial charge in [0.1, 0.15) is 13.2 Å². The van der Waals surface area contributed by atoms with Crippen molar-refractivity contribution in [2.45, 2.75) is 380 Å². The maximum atomic E-state index is 13.0. The molecule has 0 rings (SSSR count). The molecule has 0 aliphatic rings. The summed E-state index contributed by atoms with van der Waals surface area (Å²) in [5, 5.41) is 0. The molecule has 0 saturated carbocycles. The fraction of sp³-hybridized carbons (Fsp3) is 0.824. The Morgan fingerprint density at radius 1 is 0.250 bits per heavy atom. The third-order valence-electron chi connectivity index (χ3n) is 15.7. The van der Waals surface area contributed by atoms with Crippen molar-refractivity contribution in [3.63, 3.8) is 0 Å². The molecule has 0 radical (unpaired) electrons. The van der Waals surface area contributed by atoms with Crippen LogP contribution in [0.25, 0.3) is 0 Å². The molecule has 1 unspecified atom stereocenters. The summed E-state index contributed by atoms with van der Waals surface area (Å²) < 4.78 is 17.0. The molecule has 6 heteroatoms. The van der Waals surface area contributed by atoms with Gasteiger partial charge in [-0.15, -0.1) is 0 Å². The molecule has 0 aliphatic carbocycles. The van der Waals surface area contributed by atoms with Crippen molar-refractivity contribution < 1.29 is 28.6 Å². The normalized spacial score (nSPS) is 12.4. The molecule has 0 aliphatic heterocycles. The van der Waals surface area contributed by atoms with Gasteiger partial charge in [0.15, 0.2) is 6.10 Å². The minimum atomic E-state index is -0.783. The lowest BCUT2D eigenvalue weighted by Gasteiger charge is -2.18. The Bertz CT molecular complexity index is 1430. The number of hydrogen-bond donors (Lipinski definition) is 0. The van der Waals surface area contributed by atoms with Crippen LogP contribution in [0.3, 0.4) is 0 Å². The fourth-order valence-electron chi connectivity index (χ4n) is 10.4. The highest BCUT2D eigenvalue weighted by Gasteiger charge is 2.19. The molecular weight excluding hydrogens is 985 g/mol. The zero-order valence-corrected chi connectivity index (χ0v) is 53.6. The van der Waals surface area contributed by atoms with Crippen LogP contribution >= 0.6 is 0 Å². The predicted molar refractivity (Wildman–Crippen MR) is 348 cm³/mol. The molecule has 0 fully saturated rings. The Kier molecular flexibility index (Phi) is 66.1. The van der Waals surface area contributed by atoms with E-state index in [9.17, 15) is 14.4 Å². The average Bonchev–Trinajstić information content (AvgIpc) is 3.46. The Labute approximate surface area is 498 Å². The molecule has 0 bridgehead atoms. The molecule has 0 aromatic carbocycles. The van der Waals surface area contributed by atoms with Gasteiger partial charge in [-0.2, -0.15) is 0 Å². The summed E-state index contributed by atoms with van der Waals surface area (Å²) in [5.41, 5.74) is 0. The predicted octanol–water partition coefficient (Wildman–Crippen LogP) is 24.3. The highest BCUT2D eigenvalue weighted by atomic mass is 16.6. The second kappa shape index (κ2) is 68.6. The van der Waals surface area contributed by atoms with Crippen LogP contribution in [0.5, 0.6) is 0 Å². The van der Waals surface area contributed by atoms with Crippen molar-refractivity contribution in [2.24, 2.45) is 0 Å². The number of rotatable bonds is 65. The zero-order valence-electron chi connectivity index (χ0n) is 53.6. The second-order valence-electron chi connectivity index (χ2n) is 23.8. The first-order valence-corrected chi connectivity index (χ1v) is 35.3. The summed E-state index contributed by atoms with van der Waals surface area (Å²) in [7, 11) is 0. The first-order valence-electron chi connectivity index (χ1n) is 35.3. The van der Waals surface area contributed by atoms with Gasteiger partial charge in [-0.05, 0) is 109 Å². The van der Waals surface area contributed by atoms with E-state index in [1.165, 1.54) is 250 Å². The third-order valence-corrected chi connectivity index (χ3v) is 15.7. The number of allylic oxidation sites excluding steroid dienone is 10. The van der Waals surface area contributed by atoms with E-state index in [0.717, 1.165) is 83.5 Å². The van der Waals surface area contributed by atoms with Crippen molar-refractivity contribution in [1.82, 2.24) is 0 Å². The van der Waals surface area contributed by atoms with Crippen LogP contribution in [0.15, 0.2) is 60.8 Å². The fourth-order valence-corrected chi connectivity index (χ4v) is 10.4. The molecule has 80 heavy (non-hydrogen) atoms. The van der Waals surface area contributed by atoms with Gasteiger partial charge in [-0.25, -0.2) is 0 Å². The number of carbonyl (C=O) groups is 3. The molecule has 0 aromatic rings. The Balaban J connectivity index is 4.35. The molecule has 1 atom stereocenters. The largest absolute Gasteiger partial charge is 0.462 e. The van der Waals surface area contributed by atoms with Crippen LogP contribution < -0.4 is 0 Å². The van der Waals surface area contributed by atoms with Gasteiger partial charge < -0.3 is 14.2 Å². The molecule has 6 nitrogen and oxygen atoms in total. The van der Waals surface area contributed by atoms with Crippen molar-refractivity contribution in [2.75, 3.05) is 13.2 Å². The Morgan fingerprint density at radius 3 is 0.713 bits per heavy atom. The van der Waals surface area contributed by atoms with E-state index in [1.54, 1.807) is 0 Å². The quantitative estimate of drug-likeness (QED) is 0.0261. The number of esters is 3. The van der Waals surface area contributed by atoms with Gasteiger partial charge in [-0.1, -0.05) is 306 Å². The lowest BCUT2D eigenvalue weighted by molar-refractivity contribution is -0.167. The maximum absolute atomic E-state index is 13.0. The van der Waals surface area contributed by atoms with Crippen molar-refractivity contribution in [1.29, 1.82) is 0 Å². The van der Waals surface area contributed by atoms with Gasteiger partial charge in [0.05, 0.1) is 0 Å². The monoisotopic (exact) mass is 1120 g/mol. The lowest BCUT2D eigenvalue weighted by Crippen LogP contribution is -2.30. The first-order chi connectivity index (χ1) is 39.5. The van der Waals surface area contributed by atoms with Gasteiger partial charge in [0.2, 0.25) is 0 Å². The van der Waals surface area contributed by atoms with E-state index in [4.69, 9.17) is 14.2 Å². The van der Waals surface area contributed by atoms with Crippen LogP contribution in [0.4, 0.5) is 0 Å². The second-order valence-corrected chi connectivity index (χ2v) is 23.8. The Morgan fingerprint density at radius 2 is 0.450 bits per heavy atom. The first kappa shape index (κ1) is 77.1. The highest BCUT2D eigenvalue weighted by molar-refractivity contribution is 5.71. The highest BCUT2D eigenvalue weighted by Crippen LogP contribution is 2.17. The minimum Gasteiger partial charge on any atom is -0.462 e. The zero-order chi connectivity index (χ0) is 57.8. The van der Waals surface area contributed by atoms with Crippen LogP contribution in [0, 0.1) is 0 Å². The van der Waals surface area contributed by atoms with E-state index in [-0.39, 0.29) is 31.1 Å². The summed E-state index contributed by atoms with van der Waals surface area (Å²) >= 11 is 0.